The van der Waals surface area contributed by atoms with Crippen LogP contribution in [0.4, 0.5) is 5.69 Å². The van der Waals surface area contributed by atoms with Crippen LogP contribution in [0.15, 0.2) is 77.8 Å². The average molecular weight is 487 g/mol. The summed E-state index contributed by atoms with van der Waals surface area (Å²) in [7, 11) is -3.63. The lowest BCUT2D eigenvalue weighted by Crippen LogP contribution is -2.18. The summed E-state index contributed by atoms with van der Waals surface area (Å²) in [6.45, 7) is 1.88. The SMILES string of the molecule is Cc1ccc(CS(=O)(=O)c2cn(CC(=O)Nc3ccc(Cl)cc3Cl)c3ccccc23)cc1. The van der Waals surface area contributed by atoms with Crippen molar-refractivity contribution in [1.29, 1.82) is 0 Å². The Hall–Kier alpha value is -2.80. The van der Waals surface area contributed by atoms with Gasteiger partial charge in [0.1, 0.15) is 6.54 Å². The van der Waals surface area contributed by atoms with Crippen molar-refractivity contribution in [2.24, 2.45) is 0 Å². The molecule has 5 nitrogen and oxygen atoms in total. The molecule has 4 aromatic rings. The van der Waals surface area contributed by atoms with E-state index in [0.717, 1.165) is 5.56 Å². The van der Waals surface area contributed by atoms with E-state index in [1.54, 1.807) is 41.0 Å². The van der Waals surface area contributed by atoms with Crippen molar-refractivity contribution in [3.8, 4) is 0 Å². The van der Waals surface area contributed by atoms with Crippen molar-refractivity contribution in [3.63, 3.8) is 0 Å². The van der Waals surface area contributed by atoms with Gasteiger partial charge in [-0.25, -0.2) is 8.42 Å². The maximum atomic E-state index is 13.2. The van der Waals surface area contributed by atoms with Crippen molar-refractivity contribution in [3.05, 3.63) is 94.1 Å². The molecule has 1 heterocycles. The molecule has 32 heavy (non-hydrogen) atoms. The molecule has 0 radical (unpaired) electrons. The monoisotopic (exact) mass is 486 g/mol. The fraction of sp³-hybridized carbons (Fsp3) is 0.125. The number of sulfone groups is 1. The molecule has 1 amide bonds. The predicted molar refractivity (Wildman–Crippen MR) is 129 cm³/mol. The molecule has 0 spiro atoms. The second kappa shape index (κ2) is 8.98. The maximum absolute atomic E-state index is 13.2. The molecule has 0 aliphatic heterocycles. The highest BCUT2D eigenvalue weighted by Gasteiger charge is 2.22. The number of anilines is 1. The summed E-state index contributed by atoms with van der Waals surface area (Å²) in [6, 6.07) is 19.3. The molecule has 0 fully saturated rings. The van der Waals surface area contributed by atoms with E-state index in [1.165, 1.54) is 6.20 Å². The largest absolute Gasteiger partial charge is 0.337 e. The van der Waals surface area contributed by atoms with E-state index in [4.69, 9.17) is 23.2 Å². The van der Waals surface area contributed by atoms with Crippen molar-refractivity contribution in [2.75, 3.05) is 5.32 Å². The quantitative estimate of drug-likeness (QED) is 0.370. The van der Waals surface area contributed by atoms with Gasteiger partial charge in [0.05, 0.1) is 21.4 Å². The third-order valence-corrected chi connectivity index (χ3v) is 7.34. The first-order chi connectivity index (χ1) is 15.2. The molecule has 0 atom stereocenters. The number of nitrogens with zero attached hydrogens (tertiary/aromatic N) is 1. The molecule has 0 saturated heterocycles. The number of halogens is 2. The van der Waals surface area contributed by atoms with E-state index in [2.05, 4.69) is 5.32 Å². The number of benzene rings is 3. The zero-order valence-electron chi connectivity index (χ0n) is 17.2. The van der Waals surface area contributed by atoms with Gasteiger partial charge in [-0.1, -0.05) is 71.2 Å². The van der Waals surface area contributed by atoms with Crippen molar-refractivity contribution in [1.82, 2.24) is 4.57 Å². The number of hydrogen-bond donors (Lipinski definition) is 1. The number of fused-ring (bicyclic) bond motifs is 1. The van der Waals surface area contributed by atoms with Crippen LogP contribution >= 0.6 is 23.2 Å². The van der Waals surface area contributed by atoms with E-state index in [-0.39, 0.29) is 23.1 Å². The van der Waals surface area contributed by atoms with Gasteiger partial charge in [-0.15, -0.1) is 0 Å². The number of para-hydroxylation sites is 1. The average Bonchev–Trinajstić information content (AvgIpc) is 3.11. The molecule has 0 bridgehead atoms. The molecular formula is C24H20Cl2N2O3S. The zero-order valence-corrected chi connectivity index (χ0v) is 19.5. The van der Waals surface area contributed by atoms with Gasteiger partial charge in [-0.3, -0.25) is 4.79 Å². The fourth-order valence-electron chi connectivity index (χ4n) is 3.51. The standard InChI is InChI=1S/C24H20Cl2N2O3S/c1-16-6-8-17(9-7-16)15-32(30,31)23-13-28(22-5-3-2-4-19(22)23)14-24(29)27-21-11-10-18(25)12-20(21)26/h2-13H,14-15H2,1H3,(H,27,29). The lowest BCUT2D eigenvalue weighted by molar-refractivity contribution is -0.116. The van der Waals surface area contributed by atoms with Gasteiger partial charge in [-0.05, 0) is 36.8 Å². The number of aryl methyl sites for hydroxylation is 1. The molecule has 8 heteroatoms. The van der Waals surface area contributed by atoms with Crippen LogP contribution in [0.5, 0.6) is 0 Å². The van der Waals surface area contributed by atoms with Gasteiger partial charge < -0.3 is 9.88 Å². The Labute approximate surface area is 196 Å². The highest BCUT2D eigenvalue weighted by atomic mass is 35.5. The Bertz CT molecular complexity index is 1410. The Morgan fingerprint density at radius 1 is 1.00 bits per heavy atom. The number of rotatable bonds is 6. The third kappa shape index (κ3) is 4.83. The molecule has 1 N–H and O–H groups in total. The maximum Gasteiger partial charge on any atom is 0.244 e. The van der Waals surface area contributed by atoms with E-state index in [9.17, 15) is 13.2 Å². The number of aromatic nitrogens is 1. The number of nitrogens with one attached hydrogen (secondary N) is 1. The second-order valence-electron chi connectivity index (χ2n) is 7.56. The summed E-state index contributed by atoms with van der Waals surface area (Å²) in [5.41, 5.74) is 2.87. The normalized spacial score (nSPS) is 11.6. The van der Waals surface area contributed by atoms with Crippen LogP contribution in [0.1, 0.15) is 11.1 Å². The van der Waals surface area contributed by atoms with E-state index in [0.29, 0.717) is 32.2 Å². The summed E-state index contributed by atoms with van der Waals surface area (Å²) in [6.07, 6.45) is 1.53. The summed E-state index contributed by atoms with van der Waals surface area (Å²) >= 11 is 12.0. The van der Waals surface area contributed by atoms with Crippen LogP contribution in [-0.4, -0.2) is 18.9 Å². The Balaban J connectivity index is 1.63. The minimum absolute atomic E-state index is 0.0699. The Morgan fingerprint density at radius 3 is 2.44 bits per heavy atom. The highest BCUT2D eigenvalue weighted by Crippen LogP contribution is 2.29. The summed E-state index contributed by atoms with van der Waals surface area (Å²) in [5.74, 6) is -0.453. The van der Waals surface area contributed by atoms with Crippen LogP contribution in [0.2, 0.25) is 10.0 Å². The Morgan fingerprint density at radius 2 is 1.72 bits per heavy atom. The molecule has 0 aliphatic carbocycles. The molecule has 1 aromatic heterocycles. The van der Waals surface area contributed by atoms with Gasteiger partial charge >= 0.3 is 0 Å². The van der Waals surface area contributed by atoms with E-state index >= 15 is 0 Å². The molecule has 164 valence electrons. The first kappa shape index (κ1) is 22.4. The summed E-state index contributed by atoms with van der Waals surface area (Å²) in [5, 5.41) is 4.11. The molecule has 4 rings (SSSR count). The fourth-order valence-corrected chi connectivity index (χ4v) is 5.55. The minimum Gasteiger partial charge on any atom is -0.337 e. The lowest BCUT2D eigenvalue weighted by Gasteiger charge is -2.09. The topological polar surface area (TPSA) is 68.2 Å². The van der Waals surface area contributed by atoms with Gasteiger partial charge in [0.2, 0.25) is 5.91 Å². The van der Waals surface area contributed by atoms with Crippen molar-refractivity contribution < 1.29 is 13.2 Å². The highest BCUT2D eigenvalue weighted by molar-refractivity contribution is 7.90. The smallest absolute Gasteiger partial charge is 0.244 e. The minimum atomic E-state index is -3.63. The molecule has 0 unspecified atom stereocenters. The van der Waals surface area contributed by atoms with Gasteiger partial charge in [0.25, 0.3) is 0 Å². The summed E-state index contributed by atoms with van der Waals surface area (Å²) < 4.78 is 28.1. The predicted octanol–water partition coefficient (Wildman–Crippen LogP) is 5.87. The van der Waals surface area contributed by atoms with Crippen LogP contribution < -0.4 is 5.32 Å². The number of hydrogen-bond acceptors (Lipinski definition) is 3. The number of carbonyl (C=O) groups excluding carboxylic acids is 1. The number of amides is 1. The Kier molecular flexibility index (Phi) is 6.29. The third-order valence-electron chi connectivity index (χ3n) is 5.08. The summed E-state index contributed by atoms with van der Waals surface area (Å²) in [4.78, 5) is 12.9. The zero-order chi connectivity index (χ0) is 22.9. The van der Waals surface area contributed by atoms with Crippen molar-refractivity contribution in [2.45, 2.75) is 24.1 Å². The van der Waals surface area contributed by atoms with Crippen LogP contribution in [0.3, 0.4) is 0 Å². The van der Waals surface area contributed by atoms with Crippen LogP contribution in [-0.2, 0) is 26.9 Å². The van der Waals surface area contributed by atoms with Gasteiger partial charge in [-0.2, -0.15) is 0 Å². The van der Waals surface area contributed by atoms with Crippen LogP contribution in [0, 0.1) is 6.92 Å². The first-order valence-electron chi connectivity index (χ1n) is 9.84. The molecule has 0 saturated carbocycles. The van der Waals surface area contributed by atoms with Crippen molar-refractivity contribution >= 4 is 55.5 Å². The van der Waals surface area contributed by atoms with Gasteiger partial charge in [0, 0.05) is 22.1 Å². The van der Waals surface area contributed by atoms with E-state index in [1.807, 2.05) is 37.3 Å². The van der Waals surface area contributed by atoms with E-state index < -0.39 is 9.84 Å². The first-order valence-corrected chi connectivity index (χ1v) is 12.2. The molecule has 3 aromatic carbocycles. The number of carbonyl (C=O) groups is 1. The lowest BCUT2D eigenvalue weighted by atomic mass is 10.2. The molecular weight excluding hydrogens is 467 g/mol. The van der Waals surface area contributed by atoms with Crippen LogP contribution in [0.25, 0.3) is 10.9 Å². The van der Waals surface area contributed by atoms with Gasteiger partial charge in [0.15, 0.2) is 9.84 Å². The second-order valence-corrected chi connectivity index (χ2v) is 10.4. The molecule has 0 aliphatic rings.